The van der Waals surface area contributed by atoms with E-state index in [9.17, 15) is 0 Å². The lowest BCUT2D eigenvalue weighted by Crippen LogP contribution is -2.36. The van der Waals surface area contributed by atoms with E-state index in [4.69, 9.17) is 4.98 Å². The second-order valence-electron chi connectivity index (χ2n) is 5.90. The van der Waals surface area contributed by atoms with Crippen molar-refractivity contribution in [2.45, 2.75) is 25.8 Å². The Morgan fingerprint density at radius 2 is 1.85 bits per heavy atom. The first kappa shape index (κ1) is 13.3. The molecule has 1 aromatic heterocycles. The van der Waals surface area contributed by atoms with E-state index in [0.717, 1.165) is 35.0 Å². The number of para-hydroxylation sites is 2. The highest BCUT2D eigenvalue weighted by Crippen LogP contribution is 2.34. The number of anilines is 1. The van der Waals surface area contributed by atoms with Crippen molar-refractivity contribution in [3.63, 3.8) is 0 Å². The first-order valence-electron chi connectivity index (χ1n) is 7.29. The van der Waals surface area contributed by atoms with Crippen LogP contribution in [0.4, 0.5) is 5.82 Å². The van der Waals surface area contributed by atoms with Gasteiger partial charge in [0.1, 0.15) is 5.82 Å². The molecule has 1 aliphatic rings. The molecule has 1 aliphatic carbocycles. The molecule has 4 heteroatoms. The predicted molar refractivity (Wildman–Crippen MR) is 83.0 cm³/mol. The third kappa shape index (κ3) is 2.75. The van der Waals surface area contributed by atoms with Gasteiger partial charge in [-0.25, -0.2) is 9.97 Å². The number of nitrogens with one attached hydrogen (secondary N) is 1. The monoisotopic (exact) mass is 270 g/mol. The molecule has 20 heavy (non-hydrogen) atoms. The fourth-order valence-electron chi connectivity index (χ4n) is 2.71. The van der Waals surface area contributed by atoms with E-state index in [-0.39, 0.29) is 0 Å². The number of likely N-dealkylation sites (N-methyl/N-ethyl adjacent to an activating group) is 1. The number of nitrogens with zero attached hydrogens (tertiary/aromatic N) is 3. The molecule has 1 unspecified atom stereocenters. The molecule has 2 aromatic rings. The number of aryl methyl sites for hydroxylation is 1. The van der Waals surface area contributed by atoms with Gasteiger partial charge in [-0.15, -0.1) is 0 Å². The Labute approximate surface area is 120 Å². The Balaban J connectivity index is 1.78. The van der Waals surface area contributed by atoms with Gasteiger partial charge >= 0.3 is 0 Å². The zero-order valence-corrected chi connectivity index (χ0v) is 12.4. The third-order valence-electron chi connectivity index (χ3n) is 4.05. The van der Waals surface area contributed by atoms with Gasteiger partial charge in [0.15, 0.2) is 0 Å². The molecule has 0 radical (unpaired) electrons. The normalized spacial score (nSPS) is 16.6. The van der Waals surface area contributed by atoms with Crippen LogP contribution < -0.4 is 5.32 Å². The average molecular weight is 270 g/mol. The summed E-state index contributed by atoms with van der Waals surface area (Å²) in [5.41, 5.74) is 2.88. The lowest BCUT2D eigenvalue weighted by atomic mass is 10.1. The molecule has 0 spiro atoms. The van der Waals surface area contributed by atoms with Crippen LogP contribution in [0.15, 0.2) is 24.3 Å². The molecular formula is C16H22N4. The number of rotatable bonds is 5. The number of hydrogen-bond donors (Lipinski definition) is 1. The third-order valence-corrected chi connectivity index (χ3v) is 4.05. The number of aromatic nitrogens is 2. The summed E-state index contributed by atoms with van der Waals surface area (Å²) in [6.07, 6.45) is 2.71. The maximum atomic E-state index is 4.69. The molecule has 1 fully saturated rings. The van der Waals surface area contributed by atoms with Crippen LogP contribution in [0.5, 0.6) is 0 Å². The van der Waals surface area contributed by atoms with E-state index in [2.05, 4.69) is 29.3 Å². The Morgan fingerprint density at radius 3 is 2.45 bits per heavy atom. The Morgan fingerprint density at radius 1 is 1.20 bits per heavy atom. The molecule has 1 aromatic carbocycles. The van der Waals surface area contributed by atoms with Gasteiger partial charge in [-0.2, -0.15) is 0 Å². The highest BCUT2D eigenvalue weighted by atomic mass is 15.1. The zero-order valence-electron chi connectivity index (χ0n) is 12.4. The van der Waals surface area contributed by atoms with Gasteiger partial charge in [-0.1, -0.05) is 12.1 Å². The highest BCUT2D eigenvalue weighted by molar-refractivity contribution is 5.76. The van der Waals surface area contributed by atoms with Crippen LogP contribution in [-0.2, 0) is 0 Å². The molecule has 106 valence electrons. The van der Waals surface area contributed by atoms with Crippen molar-refractivity contribution in [3.05, 3.63) is 30.0 Å². The van der Waals surface area contributed by atoms with E-state index in [1.54, 1.807) is 0 Å². The van der Waals surface area contributed by atoms with Crippen LogP contribution in [0.25, 0.3) is 11.0 Å². The summed E-state index contributed by atoms with van der Waals surface area (Å²) in [4.78, 5) is 11.6. The van der Waals surface area contributed by atoms with E-state index in [1.165, 1.54) is 12.8 Å². The van der Waals surface area contributed by atoms with Gasteiger partial charge in [-0.3, -0.25) is 0 Å². The quantitative estimate of drug-likeness (QED) is 0.907. The molecule has 1 atom stereocenters. The maximum absolute atomic E-state index is 4.69. The topological polar surface area (TPSA) is 41.1 Å². The van der Waals surface area contributed by atoms with Crippen molar-refractivity contribution in [1.82, 2.24) is 14.9 Å². The van der Waals surface area contributed by atoms with Crippen molar-refractivity contribution < 1.29 is 0 Å². The van der Waals surface area contributed by atoms with Crippen LogP contribution in [0.2, 0.25) is 0 Å². The van der Waals surface area contributed by atoms with Crippen LogP contribution in [0.1, 0.15) is 18.5 Å². The number of fused-ring (bicyclic) bond motifs is 1. The molecule has 0 amide bonds. The van der Waals surface area contributed by atoms with E-state index in [0.29, 0.717) is 6.04 Å². The van der Waals surface area contributed by atoms with Crippen molar-refractivity contribution >= 4 is 16.9 Å². The fourth-order valence-corrected chi connectivity index (χ4v) is 2.71. The second-order valence-corrected chi connectivity index (χ2v) is 5.90. The minimum Gasteiger partial charge on any atom is -0.367 e. The highest BCUT2D eigenvalue weighted by Gasteiger charge is 2.32. The van der Waals surface area contributed by atoms with E-state index in [1.807, 2.05) is 31.2 Å². The summed E-state index contributed by atoms with van der Waals surface area (Å²) >= 11 is 0. The van der Waals surface area contributed by atoms with Crippen LogP contribution in [-0.4, -0.2) is 41.5 Å². The summed E-state index contributed by atoms with van der Waals surface area (Å²) in [6.45, 7) is 2.95. The average Bonchev–Trinajstić information content (AvgIpc) is 3.23. The van der Waals surface area contributed by atoms with Gasteiger partial charge in [0.2, 0.25) is 0 Å². The zero-order chi connectivity index (χ0) is 14.1. The molecule has 0 bridgehead atoms. The number of benzene rings is 1. The summed E-state index contributed by atoms with van der Waals surface area (Å²) < 4.78 is 0. The van der Waals surface area contributed by atoms with E-state index >= 15 is 0 Å². The van der Waals surface area contributed by atoms with Crippen molar-refractivity contribution in [2.75, 3.05) is 26.0 Å². The molecule has 0 aliphatic heterocycles. The Bertz CT molecular complexity index is 602. The largest absolute Gasteiger partial charge is 0.367 e. The molecule has 4 nitrogen and oxygen atoms in total. The van der Waals surface area contributed by atoms with Crippen LogP contribution >= 0.6 is 0 Å². The first-order chi connectivity index (χ1) is 9.65. The molecule has 0 saturated heterocycles. The summed E-state index contributed by atoms with van der Waals surface area (Å²) in [7, 11) is 4.31. The van der Waals surface area contributed by atoms with Gasteiger partial charge in [0.05, 0.1) is 16.7 Å². The minimum absolute atomic E-state index is 0.586. The van der Waals surface area contributed by atoms with Gasteiger partial charge in [-0.05, 0) is 51.9 Å². The molecular weight excluding hydrogens is 248 g/mol. The van der Waals surface area contributed by atoms with Gasteiger partial charge < -0.3 is 10.2 Å². The summed E-state index contributed by atoms with van der Waals surface area (Å²) in [5, 5.41) is 3.49. The van der Waals surface area contributed by atoms with Crippen molar-refractivity contribution in [3.8, 4) is 0 Å². The van der Waals surface area contributed by atoms with Crippen LogP contribution in [0, 0.1) is 12.8 Å². The lowest BCUT2D eigenvalue weighted by molar-refractivity contribution is 0.276. The second kappa shape index (κ2) is 5.37. The molecule has 1 heterocycles. The number of hydrogen-bond acceptors (Lipinski definition) is 4. The fraction of sp³-hybridized carbons (Fsp3) is 0.500. The smallest absolute Gasteiger partial charge is 0.148 e. The van der Waals surface area contributed by atoms with Crippen LogP contribution in [0.3, 0.4) is 0 Å². The summed E-state index contributed by atoms with van der Waals surface area (Å²) in [6, 6.07) is 8.60. The SMILES string of the molecule is Cc1nc2ccccc2nc1NCC(C1CC1)N(C)C. The molecule has 1 N–H and O–H groups in total. The van der Waals surface area contributed by atoms with E-state index < -0.39 is 0 Å². The maximum Gasteiger partial charge on any atom is 0.148 e. The minimum atomic E-state index is 0.586. The standard InChI is InChI=1S/C16H22N4/c1-11-16(17-10-15(20(2)3)12-8-9-12)19-14-7-5-4-6-13(14)18-11/h4-7,12,15H,8-10H2,1-3H3,(H,17,19). The van der Waals surface area contributed by atoms with Gasteiger partial charge in [0, 0.05) is 12.6 Å². The molecule has 1 saturated carbocycles. The first-order valence-corrected chi connectivity index (χ1v) is 7.29. The van der Waals surface area contributed by atoms with Crippen molar-refractivity contribution in [2.24, 2.45) is 5.92 Å². The predicted octanol–water partition coefficient (Wildman–Crippen LogP) is 2.69. The Kier molecular flexibility index (Phi) is 3.57. The molecule has 3 rings (SSSR count). The lowest BCUT2D eigenvalue weighted by Gasteiger charge is -2.25. The Hall–Kier alpha value is -1.68. The summed E-state index contributed by atoms with van der Waals surface area (Å²) in [5.74, 6) is 1.75. The van der Waals surface area contributed by atoms with Gasteiger partial charge in [0.25, 0.3) is 0 Å². The van der Waals surface area contributed by atoms with Crippen molar-refractivity contribution in [1.29, 1.82) is 0 Å².